The summed E-state index contributed by atoms with van der Waals surface area (Å²) in [6.07, 6.45) is 62.6. The Morgan fingerprint density at radius 2 is 0.891 bits per heavy atom. The molecule has 2 unspecified atom stereocenters. The van der Waals surface area contributed by atoms with E-state index in [0.717, 1.165) is 89.9 Å². The fraction of sp³-hybridized carbons (Fsp3) is 0.625. The van der Waals surface area contributed by atoms with Crippen LogP contribution in [0.3, 0.4) is 0 Å². The maximum atomic E-state index is 12.8. The highest BCUT2D eigenvalue weighted by Crippen LogP contribution is 2.13. The molecule has 0 rings (SSSR count). The Morgan fingerprint density at radius 1 is 0.484 bits per heavy atom. The number of esters is 2. The molecule has 0 aliphatic rings. The van der Waals surface area contributed by atoms with Crippen molar-refractivity contribution in [3.05, 3.63) is 109 Å². The number of hydrogen-bond acceptors (Lipinski definition) is 7. The minimum atomic E-state index is -1.14. The van der Waals surface area contributed by atoms with Crippen LogP contribution in [0.1, 0.15) is 174 Å². The van der Waals surface area contributed by atoms with Crippen LogP contribution in [0.25, 0.3) is 0 Å². The number of nitrogens with zero attached hydrogens (tertiary/aromatic N) is 1. The fourth-order valence-electron chi connectivity index (χ4n) is 6.56. The Bertz CT molecular complexity index is 1410. The van der Waals surface area contributed by atoms with Crippen molar-refractivity contribution in [2.75, 3.05) is 41.0 Å². The van der Waals surface area contributed by atoms with Gasteiger partial charge in [0.05, 0.1) is 40.3 Å². The number of hydrogen-bond donors (Lipinski definition) is 0. The topological polar surface area (TPSA) is 102 Å². The zero-order chi connectivity index (χ0) is 47.0. The van der Waals surface area contributed by atoms with Gasteiger partial charge in [0.15, 0.2) is 6.10 Å². The molecule has 64 heavy (non-hydrogen) atoms. The molecule has 0 aromatic rings. The SMILES string of the molecule is CC/C=C/C/C=C/C/C=C/C/C=C/C/C=C/CCCCCCCCCC(=O)OC(COCCC(C(=O)[O-])[N+](C)(C)C)COC(=O)CCC/C=C/C/C=C/C/C=C/C/C=C/CCCCC. The molecular formula is C56H91NO7. The maximum absolute atomic E-state index is 12.8. The summed E-state index contributed by atoms with van der Waals surface area (Å²) in [6, 6.07) is -0.743. The van der Waals surface area contributed by atoms with Gasteiger partial charge in [0.25, 0.3) is 0 Å². The molecule has 0 bridgehead atoms. The highest BCUT2D eigenvalue weighted by molar-refractivity contribution is 5.70. The number of carboxylic acid groups (broad SMARTS) is 1. The van der Waals surface area contributed by atoms with E-state index in [0.29, 0.717) is 6.42 Å². The molecule has 0 fully saturated rings. The van der Waals surface area contributed by atoms with Crippen LogP contribution in [0.5, 0.6) is 0 Å². The molecule has 0 saturated carbocycles. The molecule has 362 valence electrons. The minimum Gasteiger partial charge on any atom is -0.544 e. The lowest BCUT2D eigenvalue weighted by atomic mass is 10.1. The van der Waals surface area contributed by atoms with Crippen LogP contribution in [0.4, 0.5) is 0 Å². The first-order chi connectivity index (χ1) is 31.1. The zero-order valence-electron chi connectivity index (χ0n) is 41.2. The monoisotopic (exact) mass is 890 g/mol. The Balaban J connectivity index is 4.39. The summed E-state index contributed by atoms with van der Waals surface area (Å²) in [5, 5.41) is 11.7. The van der Waals surface area contributed by atoms with Crippen molar-refractivity contribution in [3.8, 4) is 0 Å². The van der Waals surface area contributed by atoms with E-state index in [2.05, 4.69) is 123 Å². The van der Waals surface area contributed by atoms with E-state index in [9.17, 15) is 19.5 Å². The van der Waals surface area contributed by atoms with Crippen molar-refractivity contribution < 1.29 is 38.2 Å². The minimum absolute atomic E-state index is 0.0117. The van der Waals surface area contributed by atoms with Crippen LogP contribution in [-0.2, 0) is 28.6 Å². The molecule has 0 saturated heterocycles. The first kappa shape index (κ1) is 60.0. The maximum Gasteiger partial charge on any atom is 0.306 e. The average Bonchev–Trinajstić information content (AvgIpc) is 3.26. The number of rotatable bonds is 43. The van der Waals surface area contributed by atoms with Crippen LogP contribution >= 0.6 is 0 Å². The Labute approximate surface area is 391 Å². The number of allylic oxidation sites excluding steroid dienone is 18. The first-order valence-corrected chi connectivity index (χ1v) is 24.9. The Hall–Kier alpha value is -4.01. The number of quaternary nitrogens is 1. The molecule has 0 N–H and O–H groups in total. The van der Waals surface area contributed by atoms with Gasteiger partial charge in [0.1, 0.15) is 12.6 Å². The summed E-state index contributed by atoms with van der Waals surface area (Å²) >= 11 is 0. The quantitative estimate of drug-likeness (QED) is 0.0260. The normalized spacial score (nSPS) is 13.8. The molecular weight excluding hydrogens is 799 g/mol. The number of carbonyl (C=O) groups excluding carboxylic acids is 3. The highest BCUT2D eigenvalue weighted by atomic mass is 16.6. The van der Waals surface area contributed by atoms with Gasteiger partial charge in [-0.2, -0.15) is 0 Å². The summed E-state index contributed by atoms with van der Waals surface area (Å²) in [6.45, 7) is 4.43. The van der Waals surface area contributed by atoms with Crippen LogP contribution in [0, 0.1) is 0 Å². The predicted molar refractivity (Wildman–Crippen MR) is 268 cm³/mol. The summed E-state index contributed by atoms with van der Waals surface area (Å²) < 4.78 is 17.1. The molecule has 0 amide bonds. The molecule has 0 radical (unpaired) electrons. The van der Waals surface area contributed by atoms with E-state index in [1.54, 1.807) is 21.1 Å². The number of unbranched alkanes of at least 4 members (excludes halogenated alkanes) is 11. The van der Waals surface area contributed by atoms with Gasteiger partial charge in [0.2, 0.25) is 0 Å². The van der Waals surface area contributed by atoms with Crippen molar-refractivity contribution in [2.24, 2.45) is 0 Å². The van der Waals surface area contributed by atoms with E-state index < -0.39 is 18.1 Å². The molecule has 8 nitrogen and oxygen atoms in total. The molecule has 0 aliphatic carbocycles. The summed E-state index contributed by atoms with van der Waals surface area (Å²) in [5.41, 5.74) is 0. The molecule has 0 spiro atoms. The van der Waals surface area contributed by atoms with Crippen molar-refractivity contribution in [1.82, 2.24) is 0 Å². The smallest absolute Gasteiger partial charge is 0.306 e. The molecule has 0 heterocycles. The lowest BCUT2D eigenvalue weighted by Crippen LogP contribution is -2.55. The van der Waals surface area contributed by atoms with E-state index in [1.807, 2.05) is 0 Å². The van der Waals surface area contributed by atoms with Crippen LogP contribution in [-0.4, -0.2) is 75.5 Å². The van der Waals surface area contributed by atoms with Crippen molar-refractivity contribution in [3.63, 3.8) is 0 Å². The van der Waals surface area contributed by atoms with Gasteiger partial charge in [-0.15, -0.1) is 0 Å². The first-order valence-electron chi connectivity index (χ1n) is 24.9. The third-order valence-corrected chi connectivity index (χ3v) is 10.4. The molecule has 2 atom stereocenters. The number of ether oxygens (including phenoxy) is 3. The van der Waals surface area contributed by atoms with Crippen molar-refractivity contribution >= 4 is 17.9 Å². The van der Waals surface area contributed by atoms with Gasteiger partial charge in [-0.3, -0.25) is 9.59 Å². The van der Waals surface area contributed by atoms with Gasteiger partial charge < -0.3 is 28.6 Å². The van der Waals surface area contributed by atoms with Gasteiger partial charge >= 0.3 is 11.9 Å². The number of likely N-dealkylation sites (N-methyl/N-ethyl adjacent to an activating group) is 1. The highest BCUT2D eigenvalue weighted by Gasteiger charge is 2.25. The van der Waals surface area contributed by atoms with E-state index in [-0.39, 0.29) is 55.5 Å². The number of carboxylic acids is 1. The van der Waals surface area contributed by atoms with E-state index in [1.165, 1.54) is 44.9 Å². The lowest BCUT2D eigenvalue weighted by Gasteiger charge is -2.34. The molecule has 8 heteroatoms. The zero-order valence-corrected chi connectivity index (χ0v) is 41.2. The summed E-state index contributed by atoms with van der Waals surface area (Å²) in [7, 11) is 5.38. The third-order valence-electron chi connectivity index (χ3n) is 10.4. The largest absolute Gasteiger partial charge is 0.544 e. The predicted octanol–water partition coefficient (Wildman–Crippen LogP) is 13.1. The van der Waals surface area contributed by atoms with Gasteiger partial charge in [-0.05, 0) is 96.3 Å². The van der Waals surface area contributed by atoms with Crippen LogP contribution in [0.15, 0.2) is 109 Å². The molecule has 0 aromatic heterocycles. The van der Waals surface area contributed by atoms with Gasteiger partial charge in [0, 0.05) is 19.3 Å². The second kappa shape index (κ2) is 45.6. The van der Waals surface area contributed by atoms with E-state index >= 15 is 0 Å². The average molecular weight is 890 g/mol. The second-order valence-electron chi connectivity index (χ2n) is 17.3. The standard InChI is InChI=1S/C56H91NO7/c1-6-8-10-12-14-16-18-20-22-24-25-26-27-28-29-31-33-35-37-39-41-43-45-47-55(59)64-52(50-62-49-48-53(56(60)61)57(3,4)5)51-63-54(58)46-44-42-40-38-36-34-32-30-23-21-19-17-15-13-11-9-7-2/h8,10,14-17,20-23,25-26,28-29,32,34,38,40,52-53H,6-7,9,11-13,18-19,24,27,30-31,33,35-37,39,41-51H2,1-5H3/b10-8+,16-14+,17-15+,22-20+,23-21+,26-25+,29-28+,34-32+,40-38+. The summed E-state index contributed by atoms with van der Waals surface area (Å²) in [4.78, 5) is 37.0. The lowest BCUT2D eigenvalue weighted by molar-refractivity contribution is -0.889. The summed E-state index contributed by atoms with van der Waals surface area (Å²) in [5.74, 6) is -1.83. The Morgan fingerprint density at radius 3 is 1.34 bits per heavy atom. The Kier molecular flexibility index (Phi) is 42.7. The molecule has 0 aliphatic heterocycles. The van der Waals surface area contributed by atoms with Gasteiger partial charge in [-0.25, -0.2) is 0 Å². The number of aliphatic carboxylic acids is 1. The van der Waals surface area contributed by atoms with Crippen molar-refractivity contribution in [2.45, 2.75) is 187 Å². The van der Waals surface area contributed by atoms with Gasteiger partial charge in [-0.1, -0.05) is 168 Å². The van der Waals surface area contributed by atoms with Crippen LogP contribution in [0.2, 0.25) is 0 Å². The molecule has 0 aromatic carbocycles. The second-order valence-corrected chi connectivity index (χ2v) is 17.3. The van der Waals surface area contributed by atoms with Crippen LogP contribution < -0.4 is 5.11 Å². The fourth-order valence-corrected chi connectivity index (χ4v) is 6.56. The third kappa shape index (κ3) is 43.3. The van der Waals surface area contributed by atoms with E-state index in [4.69, 9.17) is 14.2 Å². The van der Waals surface area contributed by atoms with Crippen molar-refractivity contribution in [1.29, 1.82) is 0 Å². The number of carbonyl (C=O) groups is 3.